The van der Waals surface area contributed by atoms with Crippen LogP contribution in [0.1, 0.15) is 12.8 Å². The molecule has 0 amide bonds. The average Bonchev–Trinajstić information content (AvgIpc) is 2.88. The number of aliphatic carboxylic acids is 1. The van der Waals surface area contributed by atoms with Gasteiger partial charge in [-0.3, -0.25) is 4.79 Å². The highest BCUT2D eigenvalue weighted by molar-refractivity contribution is 7.98. The van der Waals surface area contributed by atoms with Crippen LogP contribution < -0.4 is 0 Å². The van der Waals surface area contributed by atoms with E-state index in [2.05, 4.69) is 10.2 Å². The third-order valence-electron chi connectivity index (χ3n) is 2.57. The second kappa shape index (κ2) is 6.51. The number of aromatic nitrogens is 2. The molecule has 2 rings (SSSR count). The Hall–Kier alpha value is -1.89. The third kappa shape index (κ3) is 3.80. The predicted octanol–water partition coefficient (Wildman–Crippen LogP) is 2.83. The highest BCUT2D eigenvalue weighted by Crippen LogP contribution is 2.21. The van der Waals surface area contributed by atoms with Crippen LogP contribution in [-0.4, -0.2) is 27.0 Å². The van der Waals surface area contributed by atoms with Gasteiger partial charge in [-0.15, -0.1) is 10.2 Å². The largest absolute Gasteiger partial charge is 0.481 e. The molecule has 1 aromatic heterocycles. The first-order valence-corrected chi connectivity index (χ1v) is 7.10. The van der Waals surface area contributed by atoms with Crippen LogP contribution in [0.5, 0.6) is 0 Å². The fraction of sp³-hybridized carbons (Fsp3) is 0.308. The molecule has 0 saturated carbocycles. The van der Waals surface area contributed by atoms with E-state index in [0.717, 1.165) is 0 Å². The molecule has 7 heteroatoms. The van der Waals surface area contributed by atoms with Crippen molar-refractivity contribution in [3.8, 4) is 11.5 Å². The van der Waals surface area contributed by atoms with Crippen molar-refractivity contribution in [3.05, 3.63) is 36.0 Å². The van der Waals surface area contributed by atoms with Crippen molar-refractivity contribution in [2.24, 2.45) is 5.92 Å². The molecular weight excluding hydrogens is 283 g/mol. The zero-order chi connectivity index (χ0) is 14.5. The van der Waals surface area contributed by atoms with Crippen molar-refractivity contribution in [3.63, 3.8) is 0 Å². The summed E-state index contributed by atoms with van der Waals surface area (Å²) in [5, 5.41) is 16.5. The highest BCUT2D eigenvalue weighted by Gasteiger charge is 2.13. The first kappa shape index (κ1) is 14.5. The highest BCUT2D eigenvalue weighted by atomic mass is 32.2. The summed E-state index contributed by atoms with van der Waals surface area (Å²) < 4.78 is 18.2. The number of hydrogen-bond donors (Lipinski definition) is 1. The lowest BCUT2D eigenvalue weighted by atomic mass is 10.2. The second-order valence-electron chi connectivity index (χ2n) is 4.26. The Labute approximate surface area is 119 Å². The molecule has 1 unspecified atom stereocenters. The van der Waals surface area contributed by atoms with Gasteiger partial charge in [0.2, 0.25) is 11.8 Å². The minimum Gasteiger partial charge on any atom is -0.481 e. The fourth-order valence-electron chi connectivity index (χ4n) is 1.42. The number of carbonyl (C=O) groups is 1. The Bertz CT molecular complexity index is 586. The Balaban J connectivity index is 1.92. The Morgan fingerprint density at radius 2 is 2.10 bits per heavy atom. The molecule has 0 aliphatic carbocycles. The number of hydrogen-bond acceptors (Lipinski definition) is 5. The van der Waals surface area contributed by atoms with Gasteiger partial charge in [-0.1, -0.05) is 6.92 Å². The van der Waals surface area contributed by atoms with Gasteiger partial charge in [0, 0.05) is 11.3 Å². The van der Waals surface area contributed by atoms with Gasteiger partial charge < -0.3 is 9.52 Å². The van der Waals surface area contributed by atoms with Gasteiger partial charge in [0.1, 0.15) is 5.82 Å². The molecule has 1 aromatic carbocycles. The topological polar surface area (TPSA) is 76.2 Å². The van der Waals surface area contributed by atoms with Crippen LogP contribution in [0.25, 0.3) is 11.5 Å². The zero-order valence-corrected chi connectivity index (χ0v) is 11.6. The SMILES string of the molecule is CC(CSCc1nnc(-c2ccc(F)cc2)o1)C(=O)O. The number of carboxylic acid groups (broad SMARTS) is 1. The van der Waals surface area contributed by atoms with Crippen molar-refractivity contribution >= 4 is 17.7 Å². The predicted molar refractivity (Wildman–Crippen MR) is 72.7 cm³/mol. The van der Waals surface area contributed by atoms with Gasteiger partial charge in [-0.25, -0.2) is 4.39 Å². The van der Waals surface area contributed by atoms with Crippen molar-refractivity contribution in [2.75, 3.05) is 5.75 Å². The molecule has 0 aliphatic heterocycles. The summed E-state index contributed by atoms with van der Waals surface area (Å²) >= 11 is 1.42. The summed E-state index contributed by atoms with van der Waals surface area (Å²) in [6.45, 7) is 1.65. The van der Waals surface area contributed by atoms with E-state index in [4.69, 9.17) is 9.52 Å². The van der Waals surface area contributed by atoms with Crippen molar-refractivity contribution in [1.29, 1.82) is 0 Å². The Morgan fingerprint density at radius 3 is 2.75 bits per heavy atom. The maximum Gasteiger partial charge on any atom is 0.307 e. The minimum atomic E-state index is -0.824. The summed E-state index contributed by atoms with van der Waals surface area (Å²) in [6.07, 6.45) is 0. The molecule has 0 saturated heterocycles. The van der Waals surface area contributed by atoms with E-state index in [0.29, 0.717) is 28.9 Å². The van der Waals surface area contributed by atoms with E-state index in [1.54, 1.807) is 19.1 Å². The molecule has 1 N–H and O–H groups in total. The van der Waals surface area contributed by atoms with Gasteiger partial charge in [0.25, 0.3) is 0 Å². The molecule has 0 aliphatic rings. The monoisotopic (exact) mass is 296 g/mol. The number of rotatable bonds is 6. The normalized spacial score (nSPS) is 12.3. The van der Waals surface area contributed by atoms with E-state index < -0.39 is 11.9 Å². The van der Waals surface area contributed by atoms with Gasteiger partial charge >= 0.3 is 5.97 Å². The Morgan fingerprint density at radius 1 is 1.40 bits per heavy atom. The van der Waals surface area contributed by atoms with Crippen LogP contribution >= 0.6 is 11.8 Å². The summed E-state index contributed by atoms with van der Waals surface area (Å²) in [5.74, 6) is 0.107. The zero-order valence-electron chi connectivity index (χ0n) is 10.7. The Kier molecular flexibility index (Phi) is 4.73. The summed E-state index contributed by atoms with van der Waals surface area (Å²) in [6, 6.07) is 5.77. The third-order valence-corrected chi connectivity index (χ3v) is 3.76. The molecule has 1 heterocycles. The van der Waals surface area contributed by atoms with E-state index in [1.807, 2.05) is 0 Å². The average molecular weight is 296 g/mol. The lowest BCUT2D eigenvalue weighted by Gasteiger charge is -2.03. The standard InChI is InChI=1S/C13H13FN2O3S/c1-8(13(17)18)6-20-7-11-15-16-12(19-11)9-2-4-10(14)5-3-9/h2-5,8H,6-7H2,1H3,(H,17,18). The van der Waals surface area contributed by atoms with Gasteiger partial charge in [-0.05, 0) is 24.3 Å². The quantitative estimate of drug-likeness (QED) is 0.883. The number of benzene rings is 1. The molecule has 106 valence electrons. The van der Waals surface area contributed by atoms with Crippen LogP contribution in [0.3, 0.4) is 0 Å². The van der Waals surface area contributed by atoms with Crippen molar-refractivity contribution < 1.29 is 18.7 Å². The maximum atomic E-state index is 12.8. The molecule has 0 radical (unpaired) electrons. The molecule has 5 nitrogen and oxygen atoms in total. The number of carboxylic acids is 1. The summed E-state index contributed by atoms with van der Waals surface area (Å²) in [4.78, 5) is 10.7. The number of thioether (sulfide) groups is 1. The first-order chi connectivity index (χ1) is 9.56. The summed E-state index contributed by atoms with van der Waals surface area (Å²) in [7, 11) is 0. The lowest BCUT2D eigenvalue weighted by molar-refractivity contribution is -0.140. The minimum absolute atomic E-state index is 0.326. The van der Waals surface area contributed by atoms with Gasteiger partial charge in [0.05, 0.1) is 11.7 Å². The molecule has 0 spiro atoms. The maximum absolute atomic E-state index is 12.8. The fourth-order valence-corrected chi connectivity index (χ4v) is 2.32. The number of halogens is 1. The number of nitrogens with zero attached hydrogens (tertiary/aromatic N) is 2. The van der Waals surface area contributed by atoms with E-state index in [1.165, 1.54) is 23.9 Å². The smallest absolute Gasteiger partial charge is 0.307 e. The molecule has 2 aromatic rings. The van der Waals surface area contributed by atoms with Crippen LogP contribution in [0.15, 0.2) is 28.7 Å². The van der Waals surface area contributed by atoms with Gasteiger partial charge in [0.15, 0.2) is 0 Å². The van der Waals surface area contributed by atoms with E-state index >= 15 is 0 Å². The van der Waals surface area contributed by atoms with Crippen LogP contribution in [0.2, 0.25) is 0 Å². The molecular formula is C13H13FN2O3S. The lowest BCUT2D eigenvalue weighted by Crippen LogP contribution is -2.11. The van der Waals surface area contributed by atoms with Crippen LogP contribution in [0.4, 0.5) is 4.39 Å². The molecule has 0 fully saturated rings. The van der Waals surface area contributed by atoms with E-state index in [9.17, 15) is 9.18 Å². The van der Waals surface area contributed by atoms with E-state index in [-0.39, 0.29) is 5.82 Å². The first-order valence-electron chi connectivity index (χ1n) is 5.95. The molecule has 20 heavy (non-hydrogen) atoms. The van der Waals surface area contributed by atoms with Crippen molar-refractivity contribution in [2.45, 2.75) is 12.7 Å². The second-order valence-corrected chi connectivity index (χ2v) is 5.29. The summed E-state index contributed by atoms with van der Waals surface area (Å²) in [5.41, 5.74) is 0.647. The molecule has 0 bridgehead atoms. The van der Waals surface area contributed by atoms with Crippen LogP contribution in [0, 0.1) is 11.7 Å². The van der Waals surface area contributed by atoms with Crippen molar-refractivity contribution in [1.82, 2.24) is 10.2 Å². The molecule has 1 atom stereocenters. The van der Waals surface area contributed by atoms with Crippen LogP contribution in [-0.2, 0) is 10.5 Å². The van der Waals surface area contributed by atoms with Gasteiger partial charge in [-0.2, -0.15) is 11.8 Å².